The van der Waals surface area contributed by atoms with Crippen LogP contribution in [0.25, 0.3) is 0 Å². The minimum atomic E-state index is 0. The van der Waals surface area contributed by atoms with Crippen molar-refractivity contribution in [3.63, 3.8) is 0 Å². The molecule has 0 aromatic heterocycles. The summed E-state index contributed by atoms with van der Waals surface area (Å²) < 4.78 is 11.9. The van der Waals surface area contributed by atoms with E-state index in [1.807, 2.05) is 43.3 Å². The van der Waals surface area contributed by atoms with Crippen LogP contribution < -0.4 is 14.8 Å². The summed E-state index contributed by atoms with van der Waals surface area (Å²) in [7, 11) is 0. The Morgan fingerprint density at radius 3 is 2.04 bits per heavy atom. The van der Waals surface area contributed by atoms with Crippen molar-refractivity contribution >= 4 is 12.4 Å². The maximum atomic E-state index is 6.14. The molecule has 1 N–H and O–H groups in total. The summed E-state index contributed by atoms with van der Waals surface area (Å²) in [6.07, 6.45) is 0. The smallest absolute Gasteiger partial charge is 0.166 e. The van der Waals surface area contributed by atoms with Crippen molar-refractivity contribution in [1.29, 1.82) is 0 Å². The maximum absolute atomic E-state index is 6.14. The van der Waals surface area contributed by atoms with Gasteiger partial charge in [0.15, 0.2) is 11.5 Å². The summed E-state index contributed by atoms with van der Waals surface area (Å²) >= 11 is 0. The second-order valence-corrected chi connectivity index (χ2v) is 6.04. The van der Waals surface area contributed by atoms with E-state index in [1.165, 1.54) is 5.56 Å². The Morgan fingerprint density at radius 1 is 0.704 bits per heavy atom. The van der Waals surface area contributed by atoms with E-state index in [-0.39, 0.29) is 12.4 Å². The molecular formula is C23H26ClNO2. The Balaban J connectivity index is 0.00000261. The second-order valence-electron chi connectivity index (χ2n) is 6.04. The molecule has 0 aliphatic rings. The second kappa shape index (κ2) is 11.3. The molecule has 3 aromatic rings. The van der Waals surface area contributed by atoms with Crippen molar-refractivity contribution in [2.24, 2.45) is 0 Å². The zero-order valence-corrected chi connectivity index (χ0v) is 16.4. The van der Waals surface area contributed by atoms with Gasteiger partial charge in [-0.05, 0) is 24.1 Å². The quantitative estimate of drug-likeness (QED) is 0.538. The molecule has 0 atom stereocenters. The first-order chi connectivity index (χ1) is 12.9. The van der Waals surface area contributed by atoms with Gasteiger partial charge in [-0.15, -0.1) is 12.4 Å². The fraction of sp³-hybridized carbons (Fsp3) is 0.217. The molecule has 0 aliphatic carbocycles. The van der Waals surface area contributed by atoms with Crippen molar-refractivity contribution in [1.82, 2.24) is 5.32 Å². The lowest BCUT2D eigenvalue weighted by Crippen LogP contribution is -2.14. The Bertz CT molecular complexity index is 794. The maximum Gasteiger partial charge on any atom is 0.166 e. The minimum absolute atomic E-state index is 0. The Morgan fingerprint density at radius 2 is 1.37 bits per heavy atom. The molecule has 0 spiro atoms. The first kappa shape index (κ1) is 20.8. The molecule has 142 valence electrons. The molecular weight excluding hydrogens is 358 g/mol. The average molecular weight is 384 g/mol. The minimum Gasteiger partial charge on any atom is -0.490 e. The highest BCUT2D eigenvalue weighted by Crippen LogP contribution is 2.32. The fourth-order valence-corrected chi connectivity index (χ4v) is 2.80. The SMILES string of the molecule is CCOc1cccc(CNCc2ccccc2)c1OCc1ccccc1.Cl. The van der Waals surface area contributed by atoms with E-state index >= 15 is 0 Å². The van der Waals surface area contributed by atoms with Crippen molar-refractivity contribution in [3.8, 4) is 11.5 Å². The normalized spacial score (nSPS) is 10.1. The van der Waals surface area contributed by atoms with Crippen LogP contribution in [0, 0.1) is 0 Å². The van der Waals surface area contributed by atoms with Gasteiger partial charge in [-0.1, -0.05) is 72.8 Å². The topological polar surface area (TPSA) is 30.5 Å². The van der Waals surface area contributed by atoms with E-state index in [2.05, 4.69) is 47.8 Å². The van der Waals surface area contributed by atoms with Crippen LogP contribution in [0.2, 0.25) is 0 Å². The molecule has 0 fully saturated rings. The van der Waals surface area contributed by atoms with Crippen LogP contribution in [-0.4, -0.2) is 6.61 Å². The van der Waals surface area contributed by atoms with E-state index in [0.717, 1.165) is 35.7 Å². The van der Waals surface area contributed by atoms with Gasteiger partial charge in [0.05, 0.1) is 6.61 Å². The molecule has 3 rings (SSSR count). The van der Waals surface area contributed by atoms with Gasteiger partial charge in [0.1, 0.15) is 6.61 Å². The summed E-state index contributed by atoms with van der Waals surface area (Å²) in [4.78, 5) is 0. The third kappa shape index (κ3) is 6.31. The molecule has 27 heavy (non-hydrogen) atoms. The summed E-state index contributed by atoms with van der Waals surface area (Å²) in [6.45, 7) is 4.66. The lowest BCUT2D eigenvalue weighted by Gasteiger charge is -2.16. The molecule has 0 saturated heterocycles. The first-order valence-electron chi connectivity index (χ1n) is 9.03. The lowest BCUT2D eigenvalue weighted by molar-refractivity contribution is 0.266. The van der Waals surface area contributed by atoms with E-state index in [4.69, 9.17) is 9.47 Å². The predicted octanol–water partition coefficient (Wildman–Crippen LogP) is 5.38. The number of benzene rings is 3. The van der Waals surface area contributed by atoms with Gasteiger partial charge in [-0.3, -0.25) is 0 Å². The van der Waals surface area contributed by atoms with E-state index < -0.39 is 0 Å². The number of ether oxygens (including phenoxy) is 2. The van der Waals surface area contributed by atoms with Gasteiger partial charge in [0.25, 0.3) is 0 Å². The van der Waals surface area contributed by atoms with Crippen LogP contribution in [0.4, 0.5) is 0 Å². The van der Waals surface area contributed by atoms with Crippen LogP contribution in [0.5, 0.6) is 11.5 Å². The van der Waals surface area contributed by atoms with E-state index in [1.54, 1.807) is 0 Å². The van der Waals surface area contributed by atoms with Gasteiger partial charge in [0.2, 0.25) is 0 Å². The molecule has 0 heterocycles. The zero-order valence-electron chi connectivity index (χ0n) is 15.6. The Hall–Kier alpha value is -2.49. The molecule has 0 aliphatic heterocycles. The van der Waals surface area contributed by atoms with Gasteiger partial charge in [-0.25, -0.2) is 0 Å². The third-order valence-corrected chi connectivity index (χ3v) is 4.07. The van der Waals surface area contributed by atoms with E-state index in [0.29, 0.717) is 13.2 Å². The van der Waals surface area contributed by atoms with Crippen molar-refractivity contribution in [2.45, 2.75) is 26.6 Å². The molecule has 0 unspecified atom stereocenters. The number of rotatable bonds is 9. The highest BCUT2D eigenvalue weighted by molar-refractivity contribution is 5.85. The predicted molar refractivity (Wildman–Crippen MR) is 113 cm³/mol. The van der Waals surface area contributed by atoms with Crippen molar-refractivity contribution < 1.29 is 9.47 Å². The monoisotopic (exact) mass is 383 g/mol. The summed E-state index contributed by atoms with van der Waals surface area (Å²) in [5, 5.41) is 3.49. The van der Waals surface area contributed by atoms with Crippen LogP contribution >= 0.6 is 12.4 Å². The summed E-state index contributed by atoms with van der Waals surface area (Å²) in [5.41, 5.74) is 3.50. The molecule has 3 nitrogen and oxygen atoms in total. The average Bonchev–Trinajstić information content (AvgIpc) is 2.69. The van der Waals surface area contributed by atoms with Crippen LogP contribution in [0.15, 0.2) is 78.9 Å². The van der Waals surface area contributed by atoms with Gasteiger partial charge in [-0.2, -0.15) is 0 Å². The van der Waals surface area contributed by atoms with Gasteiger partial charge in [0, 0.05) is 18.7 Å². The number of halogens is 1. The lowest BCUT2D eigenvalue weighted by atomic mass is 10.1. The molecule has 0 bridgehead atoms. The number of para-hydroxylation sites is 1. The van der Waals surface area contributed by atoms with Crippen LogP contribution in [0.3, 0.4) is 0 Å². The highest BCUT2D eigenvalue weighted by Gasteiger charge is 2.11. The van der Waals surface area contributed by atoms with Gasteiger partial charge < -0.3 is 14.8 Å². The Labute approximate surface area is 167 Å². The molecule has 0 radical (unpaired) electrons. The largest absolute Gasteiger partial charge is 0.490 e. The van der Waals surface area contributed by atoms with Crippen LogP contribution in [0.1, 0.15) is 23.6 Å². The summed E-state index contributed by atoms with van der Waals surface area (Å²) in [5.74, 6) is 1.61. The summed E-state index contributed by atoms with van der Waals surface area (Å²) in [6, 6.07) is 26.6. The fourth-order valence-electron chi connectivity index (χ4n) is 2.80. The number of nitrogens with one attached hydrogen (secondary N) is 1. The van der Waals surface area contributed by atoms with E-state index in [9.17, 15) is 0 Å². The zero-order chi connectivity index (χ0) is 18.0. The number of hydrogen-bond acceptors (Lipinski definition) is 3. The molecule has 0 saturated carbocycles. The Kier molecular flexibility index (Phi) is 8.69. The molecule has 0 amide bonds. The van der Waals surface area contributed by atoms with Crippen LogP contribution in [-0.2, 0) is 19.7 Å². The molecule has 4 heteroatoms. The first-order valence-corrected chi connectivity index (χ1v) is 9.03. The van der Waals surface area contributed by atoms with Gasteiger partial charge >= 0.3 is 0 Å². The van der Waals surface area contributed by atoms with Crippen molar-refractivity contribution in [2.75, 3.05) is 6.61 Å². The number of hydrogen-bond donors (Lipinski definition) is 1. The highest BCUT2D eigenvalue weighted by atomic mass is 35.5. The standard InChI is InChI=1S/C23H25NO2.ClH/c1-2-25-22-15-9-14-21(17-24-16-19-10-5-3-6-11-19)23(22)26-18-20-12-7-4-8-13-20;/h3-15,24H,2,16-18H2,1H3;1H. The third-order valence-electron chi connectivity index (χ3n) is 4.07. The molecule has 3 aromatic carbocycles. The van der Waals surface area contributed by atoms with Crippen molar-refractivity contribution in [3.05, 3.63) is 95.6 Å².